The van der Waals surface area contributed by atoms with Crippen molar-refractivity contribution in [2.45, 2.75) is 20.8 Å². The van der Waals surface area contributed by atoms with Crippen LogP contribution in [0.1, 0.15) is 17.0 Å². The van der Waals surface area contributed by atoms with Gasteiger partial charge in [-0.25, -0.2) is 0 Å². The summed E-state index contributed by atoms with van der Waals surface area (Å²) in [5, 5.41) is 4.32. The molecule has 4 heteroatoms. The maximum atomic E-state index is 5.92. The van der Waals surface area contributed by atoms with Crippen LogP contribution in [0.3, 0.4) is 0 Å². The Labute approximate surface area is 101 Å². The van der Waals surface area contributed by atoms with Gasteiger partial charge in [0, 0.05) is 7.05 Å². The van der Waals surface area contributed by atoms with Crippen molar-refractivity contribution in [2.24, 2.45) is 7.05 Å². The van der Waals surface area contributed by atoms with E-state index in [-0.39, 0.29) is 0 Å². The second-order valence-corrected chi connectivity index (χ2v) is 4.22. The zero-order valence-corrected chi connectivity index (χ0v) is 10.6. The van der Waals surface area contributed by atoms with Crippen LogP contribution in [0.2, 0.25) is 0 Å². The van der Waals surface area contributed by atoms with Crippen LogP contribution in [0.5, 0.6) is 11.5 Å². The second kappa shape index (κ2) is 4.13. The molecule has 0 bridgehead atoms. The number of nitrogen functional groups attached to an aromatic ring is 1. The molecule has 0 fully saturated rings. The molecule has 1 heterocycles. The van der Waals surface area contributed by atoms with Gasteiger partial charge in [-0.2, -0.15) is 5.10 Å². The van der Waals surface area contributed by atoms with Crippen molar-refractivity contribution in [1.82, 2.24) is 9.78 Å². The molecule has 0 atom stereocenters. The fraction of sp³-hybridized carbons (Fsp3) is 0.308. The Morgan fingerprint density at radius 2 is 1.88 bits per heavy atom. The van der Waals surface area contributed by atoms with Gasteiger partial charge in [0.05, 0.1) is 11.4 Å². The molecule has 2 rings (SSSR count). The molecule has 4 nitrogen and oxygen atoms in total. The van der Waals surface area contributed by atoms with E-state index in [4.69, 9.17) is 10.5 Å². The number of benzene rings is 1. The van der Waals surface area contributed by atoms with E-state index in [9.17, 15) is 0 Å². The van der Waals surface area contributed by atoms with Crippen molar-refractivity contribution < 1.29 is 4.74 Å². The van der Waals surface area contributed by atoms with Crippen molar-refractivity contribution in [3.63, 3.8) is 0 Å². The van der Waals surface area contributed by atoms with Crippen molar-refractivity contribution in [3.05, 3.63) is 35.2 Å². The summed E-state index contributed by atoms with van der Waals surface area (Å²) in [7, 11) is 1.90. The lowest BCUT2D eigenvalue weighted by Gasteiger charge is -2.11. The average Bonchev–Trinajstić information content (AvgIpc) is 2.49. The van der Waals surface area contributed by atoms with E-state index in [1.807, 2.05) is 46.0 Å². The molecule has 2 N–H and O–H groups in total. The standard InChI is InChI=1S/C13H17N3O/c1-8-6-5-7-11(14)12(8)17-13-9(2)15-16(4)10(13)3/h5-7H,14H2,1-4H3. The summed E-state index contributed by atoms with van der Waals surface area (Å²) in [6.07, 6.45) is 0. The molecule has 0 radical (unpaired) electrons. The predicted octanol–water partition coefficient (Wildman–Crippen LogP) is 2.72. The highest BCUT2D eigenvalue weighted by atomic mass is 16.5. The lowest BCUT2D eigenvalue weighted by Crippen LogP contribution is -1.96. The Bertz CT molecular complexity index is 538. The fourth-order valence-electron chi connectivity index (χ4n) is 1.82. The molecule has 2 aromatic rings. The third kappa shape index (κ3) is 1.98. The first-order chi connectivity index (χ1) is 8.00. The van der Waals surface area contributed by atoms with Gasteiger partial charge in [0.15, 0.2) is 11.5 Å². The van der Waals surface area contributed by atoms with Crippen molar-refractivity contribution in [2.75, 3.05) is 5.73 Å². The number of para-hydroxylation sites is 1. The monoisotopic (exact) mass is 231 g/mol. The van der Waals surface area contributed by atoms with Crippen molar-refractivity contribution in [3.8, 4) is 11.5 Å². The Kier molecular flexibility index (Phi) is 2.79. The summed E-state index contributed by atoms with van der Waals surface area (Å²) < 4.78 is 7.72. The number of aromatic nitrogens is 2. The smallest absolute Gasteiger partial charge is 0.171 e. The Balaban J connectivity index is 2.45. The minimum atomic E-state index is 0.646. The van der Waals surface area contributed by atoms with E-state index in [1.54, 1.807) is 4.68 Å². The number of nitrogens with two attached hydrogens (primary N) is 1. The van der Waals surface area contributed by atoms with E-state index < -0.39 is 0 Å². The topological polar surface area (TPSA) is 53.1 Å². The molecule has 0 unspecified atom stereocenters. The SMILES string of the molecule is Cc1cccc(N)c1Oc1c(C)nn(C)c1C. The molecule has 0 aliphatic heterocycles. The minimum Gasteiger partial charge on any atom is -0.451 e. The average molecular weight is 231 g/mol. The molecule has 0 saturated heterocycles. The van der Waals surface area contributed by atoms with Crippen LogP contribution < -0.4 is 10.5 Å². The van der Waals surface area contributed by atoms with Crippen LogP contribution in [-0.2, 0) is 7.05 Å². The Morgan fingerprint density at radius 3 is 2.41 bits per heavy atom. The van der Waals surface area contributed by atoms with E-state index >= 15 is 0 Å². The number of ether oxygens (including phenoxy) is 1. The van der Waals surface area contributed by atoms with Crippen LogP contribution in [-0.4, -0.2) is 9.78 Å². The summed E-state index contributed by atoms with van der Waals surface area (Å²) in [5.41, 5.74) is 9.45. The van der Waals surface area contributed by atoms with Crippen LogP contribution in [0.4, 0.5) is 5.69 Å². The highest BCUT2D eigenvalue weighted by Gasteiger charge is 2.14. The normalized spacial score (nSPS) is 10.6. The lowest BCUT2D eigenvalue weighted by atomic mass is 10.2. The first kappa shape index (κ1) is 11.5. The molecule has 1 aromatic heterocycles. The molecule has 0 amide bonds. The van der Waals surface area contributed by atoms with Crippen LogP contribution in [0, 0.1) is 20.8 Å². The fourth-order valence-corrected chi connectivity index (χ4v) is 1.82. The predicted molar refractivity (Wildman–Crippen MR) is 68.3 cm³/mol. The number of hydrogen-bond donors (Lipinski definition) is 1. The summed E-state index contributed by atoms with van der Waals surface area (Å²) >= 11 is 0. The molecule has 90 valence electrons. The van der Waals surface area contributed by atoms with Gasteiger partial charge in [-0.1, -0.05) is 12.1 Å². The largest absolute Gasteiger partial charge is 0.451 e. The third-order valence-electron chi connectivity index (χ3n) is 2.89. The van der Waals surface area contributed by atoms with Crippen molar-refractivity contribution in [1.29, 1.82) is 0 Å². The van der Waals surface area contributed by atoms with E-state index in [0.29, 0.717) is 11.4 Å². The van der Waals surface area contributed by atoms with Gasteiger partial charge in [0.25, 0.3) is 0 Å². The maximum absolute atomic E-state index is 5.92. The van der Waals surface area contributed by atoms with Gasteiger partial charge in [-0.15, -0.1) is 0 Å². The minimum absolute atomic E-state index is 0.646. The van der Waals surface area contributed by atoms with Gasteiger partial charge < -0.3 is 10.5 Å². The molecule has 17 heavy (non-hydrogen) atoms. The molecule has 0 saturated carbocycles. The maximum Gasteiger partial charge on any atom is 0.171 e. The first-order valence-corrected chi connectivity index (χ1v) is 5.54. The van der Waals surface area contributed by atoms with Gasteiger partial charge >= 0.3 is 0 Å². The van der Waals surface area contributed by atoms with Crippen LogP contribution in [0.25, 0.3) is 0 Å². The number of rotatable bonds is 2. The Morgan fingerprint density at radius 1 is 1.18 bits per heavy atom. The number of aryl methyl sites for hydroxylation is 3. The highest BCUT2D eigenvalue weighted by Crippen LogP contribution is 2.33. The van der Waals surface area contributed by atoms with Gasteiger partial charge in [-0.05, 0) is 32.4 Å². The zero-order chi connectivity index (χ0) is 12.6. The summed E-state index contributed by atoms with van der Waals surface area (Å²) in [6, 6.07) is 5.73. The number of anilines is 1. The molecule has 0 aliphatic carbocycles. The van der Waals surface area contributed by atoms with E-state index in [0.717, 1.165) is 22.7 Å². The highest BCUT2D eigenvalue weighted by molar-refractivity contribution is 5.58. The van der Waals surface area contributed by atoms with Crippen LogP contribution >= 0.6 is 0 Å². The number of hydrogen-bond acceptors (Lipinski definition) is 3. The molecule has 0 spiro atoms. The number of nitrogens with zero attached hydrogens (tertiary/aromatic N) is 2. The quantitative estimate of drug-likeness (QED) is 0.808. The summed E-state index contributed by atoms with van der Waals surface area (Å²) in [5.74, 6) is 1.50. The van der Waals surface area contributed by atoms with Crippen LogP contribution in [0.15, 0.2) is 18.2 Å². The zero-order valence-electron chi connectivity index (χ0n) is 10.6. The van der Waals surface area contributed by atoms with Gasteiger partial charge in [0.1, 0.15) is 5.69 Å². The van der Waals surface area contributed by atoms with Gasteiger partial charge in [-0.3, -0.25) is 4.68 Å². The molecular weight excluding hydrogens is 214 g/mol. The summed E-state index contributed by atoms with van der Waals surface area (Å²) in [4.78, 5) is 0. The summed E-state index contributed by atoms with van der Waals surface area (Å²) in [6.45, 7) is 5.88. The Hall–Kier alpha value is -1.97. The second-order valence-electron chi connectivity index (χ2n) is 4.22. The lowest BCUT2D eigenvalue weighted by molar-refractivity contribution is 0.473. The molecule has 0 aliphatic rings. The third-order valence-corrected chi connectivity index (χ3v) is 2.89. The molecular formula is C13H17N3O. The van der Waals surface area contributed by atoms with E-state index in [1.165, 1.54) is 0 Å². The first-order valence-electron chi connectivity index (χ1n) is 5.54. The van der Waals surface area contributed by atoms with Crippen molar-refractivity contribution >= 4 is 5.69 Å². The van der Waals surface area contributed by atoms with Gasteiger partial charge in [0.2, 0.25) is 0 Å². The molecule has 1 aromatic carbocycles. The van der Waals surface area contributed by atoms with E-state index in [2.05, 4.69) is 5.10 Å².